The molecule has 0 aliphatic heterocycles. The van der Waals surface area contributed by atoms with Gasteiger partial charge in [0, 0.05) is 7.05 Å². The van der Waals surface area contributed by atoms with Crippen molar-refractivity contribution < 1.29 is 0 Å². The summed E-state index contributed by atoms with van der Waals surface area (Å²) in [6.07, 6.45) is 7.83. The summed E-state index contributed by atoms with van der Waals surface area (Å²) in [6.45, 7) is 9.99. The van der Waals surface area contributed by atoms with Crippen molar-refractivity contribution in [2.45, 2.75) is 20.8 Å². The number of hydrogen-bond donors (Lipinski definition) is 1. The molecule has 0 bridgehead atoms. The highest BCUT2D eigenvalue weighted by atomic mass is 14.8. The molecule has 72 valence electrons. The predicted molar refractivity (Wildman–Crippen MR) is 60.5 cm³/mol. The Kier molecular flexibility index (Phi) is 5.69. The number of nitrogens with one attached hydrogen (secondary N) is 1. The molecule has 0 fully saturated rings. The van der Waals surface area contributed by atoms with E-state index < -0.39 is 0 Å². The van der Waals surface area contributed by atoms with Gasteiger partial charge in [-0.25, -0.2) is 0 Å². The first-order valence-electron chi connectivity index (χ1n) is 4.44. The monoisotopic (exact) mass is 177 g/mol. The first kappa shape index (κ1) is 11.8. The Morgan fingerprint density at radius 3 is 2.23 bits per heavy atom. The van der Waals surface area contributed by atoms with E-state index in [1.54, 1.807) is 0 Å². The van der Waals surface area contributed by atoms with Gasteiger partial charge in [-0.1, -0.05) is 24.3 Å². The van der Waals surface area contributed by atoms with Crippen LogP contribution in [-0.4, -0.2) is 7.05 Å². The fourth-order valence-electron chi connectivity index (χ4n) is 1.13. The van der Waals surface area contributed by atoms with Crippen LogP contribution in [0.15, 0.2) is 47.7 Å². The molecule has 0 radical (unpaired) electrons. The molecule has 0 atom stereocenters. The predicted octanol–water partition coefficient (Wildman–Crippen LogP) is 3.19. The first-order chi connectivity index (χ1) is 6.13. The van der Waals surface area contributed by atoms with Crippen LogP contribution in [0.4, 0.5) is 0 Å². The van der Waals surface area contributed by atoms with E-state index in [0.717, 1.165) is 0 Å². The first-order valence-corrected chi connectivity index (χ1v) is 4.44. The van der Waals surface area contributed by atoms with Crippen LogP contribution in [0, 0.1) is 0 Å². The van der Waals surface area contributed by atoms with Gasteiger partial charge >= 0.3 is 0 Å². The summed E-state index contributed by atoms with van der Waals surface area (Å²) in [5, 5.41) is 2.98. The second-order valence-electron chi connectivity index (χ2n) is 3.12. The normalized spacial score (nSPS) is 11.5. The zero-order chi connectivity index (χ0) is 10.3. The van der Waals surface area contributed by atoms with Crippen molar-refractivity contribution in [3.8, 4) is 0 Å². The minimum Gasteiger partial charge on any atom is -0.394 e. The lowest BCUT2D eigenvalue weighted by molar-refractivity contribution is 1.10. The van der Waals surface area contributed by atoms with Crippen LogP contribution in [-0.2, 0) is 0 Å². The summed E-state index contributed by atoms with van der Waals surface area (Å²) in [5.41, 5.74) is 3.80. The Bertz CT molecular complexity index is 250. The second kappa shape index (κ2) is 6.30. The SMILES string of the molecule is C=C/C=C(/C)C(/C=C\NC)=C(C)C. The quantitative estimate of drug-likeness (QED) is 0.650. The van der Waals surface area contributed by atoms with Crippen LogP contribution in [0.25, 0.3) is 0 Å². The van der Waals surface area contributed by atoms with Crippen molar-refractivity contribution in [3.63, 3.8) is 0 Å². The van der Waals surface area contributed by atoms with Crippen LogP contribution >= 0.6 is 0 Å². The molecule has 0 aromatic carbocycles. The molecule has 0 aliphatic carbocycles. The Morgan fingerprint density at radius 1 is 1.23 bits per heavy atom. The average Bonchev–Trinajstić information content (AvgIpc) is 2.05. The smallest absolute Gasteiger partial charge is 0.00277 e. The molecule has 0 aromatic heterocycles. The van der Waals surface area contributed by atoms with E-state index in [0.29, 0.717) is 0 Å². The van der Waals surface area contributed by atoms with Gasteiger partial charge in [0.1, 0.15) is 0 Å². The van der Waals surface area contributed by atoms with Crippen LogP contribution in [0.5, 0.6) is 0 Å². The molecule has 0 spiro atoms. The molecule has 0 saturated heterocycles. The highest BCUT2D eigenvalue weighted by Crippen LogP contribution is 2.15. The lowest BCUT2D eigenvalue weighted by Crippen LogP contribution is -1.93. The fourth-order valence-corrected chi connectivity index (χ4v) is 1.13. The zero-order valence-electron chi connectivity index (χ0n) is 9.02. The van der Waals surface area contributed by atoms with Crippen molar-refractivity contribution in [3.05, 3.63) is 47.7 Å². The topological polar surface area (TPSA) is 12.0 Å². The van der Waals surface area contributed by atoms with Crippen LogP contribution in [0.3, 0.4) is 0 Å². The highest BCUT2D eigenvalue weighted by Gasteiger charge is 1.96. The number of hydrogen-bond acceptors (Lipinski definition) is 1. The zero-order valence-corrected chi connectivity index (χ0v) is 9.02. The van der Waals surface area contributed by atoms with E-state index in [4.69, 9.17) is 0 Å². The van der Waals surface area contributed by atoms with Crippen molar-refractivity contribution in [2.24, 2.45) is 0 Å². The Labute approximate surface area is 81.5 Å². The molecule has 1 nitrogen and oxygen atoms in total. The van der Waals surface area contributed by atoms with Gasteiger partial charge in [-0.15, -0.1) is 0 Å². The largest absolute Gasteiger partial charge is 0.394 e. The molecule has 0 aliphatic rings. The van der Waals surface area contributed by atoms with Gasteiger partial charge in [0.15, 0.2) is 0 Å². The van der Waals surface area contributed by atoms with Crippen LogP contribution in [0.1, 0.15) is 20.8 Å². The summed E-state index contributed by atoms with van der Waals surface area (Å²) in [5.74, 6) is 0. The van der Waals surface area contributed by atoms with E-state index in [-0.39, 0.29) is 0 Å². The van der Waals surface area contributed by atoms with Crippen molar-refractivity contribution in [1.82, 2.24) is 5.32 Å². The molecule has 0 unspecified atom stereocenters. The third-order valence-electron chi connectivity index (χ3n) is 1.75. The molecule has 0 amide bonds. The average molecular weight is 177 g/mol. The van der Waals surface area contributed by atoms with E-state index in [1.807, 2.05) is 25.4 Å². The number of rotatable bonds is 4. The van der Waals surface area contributed by atoms with Crippen molar-refractivity contribution in [2.75, 3.05) is 7.05 Å². The molecular formula is C12H19N. The summed E-state index contributed by atoms with van der Waals surface area (Å²) in [6, 6.07) is 0. The molecule has 1 N–H and O–H groups in total. The molecule has 0 saturated carbocycles. The molecule has 0 aromatic rings. The maximum atomic E-state index is 3.68. The van der Waals surface area contributed by atoms with Gasteiger partial charge in [0.25, 0.3) is 0 Å². The van der Waals surface area contributed by atoms with Crippen molar-refractivity contribution in [1.29, 1.82) is 0 Å². The Balaban J connectivity index is 4.85. The Morgan fingerprint density at radius 2 is 1.85 bits per heavy atom. The second-order valence-corrected chi connectivity index (χ2v) is 3.12. The van der Waals surface area contributed by atoms with Crippen LogP contribution < -0.4 is 5.32 Å². The maximum absolute atomic E-state index is 3.68. The Hall–Kier alpha value is -1.24. The maximum Gasteiger partial charge on any atom is 0.00277 e. The standard InChI is InChI=1S/C12H19N/c1-6-7-11(4)12(10(2)3)8-9-13-5/h6-9,13H,1H2,2-5H3/b9-8-,11-7-. The molecule has 13 heavy (non-hydrogen) atoms. The van der Waals surface area contributed by atoms with Gasteiger partial charge in [-0.05, 0) is 44.2 Å². The molecular weight excluding hydrogens is 158 g/mol. The van der Waals surface area contributed by atoms with E-state index in [1.165, 1.54) is 16.7 Å². The lowest BCUT2D eigenvalue weighted by atomic mass is 10.0. The minimum atomic E-state index is 1.24. The molecule has 1 heteroatoms. The van der Waals surface area contributed by atoms with E-state index >= 15 is 0 Å². The van der Waals surface area contributed by atoms with Gasteiger partial charge in [0.2, 0.25) is 0 Å². The molecule has 0 rings (SSSR count). The fraction of sp³-hybridized carbons (Fsp3) is 0.333. The van der Waals surface area contributed by atoms with Crippen molar-refractivity contribution >= 4 is 0 Å². The van der Waals surface area contributed by atoms with Gasteiger partial charge in [-0.3, -0.25) is 0 Å². The molecule has 0 heterocycles. The number of allylic oxidation sites excluding steroid dienone is 6. The van der Waals surface area contributed by atoms with E-state index in [2.05, 4.69) is 38.7 Å². The van der Waals surface area contributed by atoms with Gasteiger partial charge < -0.3 is 5.32 Å². The van der Waals surface area contributed by atoms with E-state index in [9.17, 15) is 0 Å². The lowest BCUT2D eigenvalue weighted by Gasteiger charge is -2.04. The summed E-state index contributed by atoms with van der Waals surface area (Å²) < 4.78 is 0. The summed E-state index contributed by atoms with van der Waals surface area (Å²) in [7, 11) is 1.89. The highest BCUT2D eigenvalue weighted by molar-refractivity contribution is 5.42. The third kappa shape index (κ3) is 4.36. The third-order valence-corrected chi connectivity index (χ3v) is 1.75. The summed E-state index contributed by atoms with van der Waals surface area (Å²) in [4.78, 5) is 0. The van der Waals surface area contributed by atoms with Gasteiger partial charge in [-0.2, -0.15) is 0 Å². The minimum absolute atomic E-state index is 1.24. The van der Waals surface area contributed by atoms with Gasteiger partial charge in [0.05, 0.1) is 0 Å². The summed E-state index contributed by atoms with van der Waals surface area (Å²) >= 11 is 0. The van der Waals surface area contributed by atoms with Crippen LogP contribution in [0.2, 0.25) is 0 Å².